The van der Waals surface area contributed by atoms with E-state index in [9.17, 15) is 14.7 Å². The molecule has 4 atom stereocenters. The first-order valence-corrected chi connectivity index (χ1v) is 10.3. The molecule has 2 fully saturated rings. The van der Waals surface area contributed by atoms with Crippen molar-refractivity contribution in [2.24, 2.45) is 0 Å². The fourth-order valence-electron chi connectivity index (χ4n) is 3.63. The summed E-state index contributed by atoms with van der Waals surface area (Å²) in [7, 11) is 0. The summed E-state index contributed by atoms with van der Waals surface area (Å²) in [4.78, 5) is 23.5. The quantitative estimate of drug-likeness (QED) is 0.387. The number of unbranched alkanes of at least 4 members (excludes halogenated alkanes) is 1. The third kappa shape index (κ3) is 5.14. The molecule has 3 amide bonds. The molecule has 0 aromatic heterocycles. The lowest BCUT2D eigenvalue weighted by atomic mass is 10.0. The highest BCUT2D eigenvalue weighted by molar-refractivity contribution is 8.00. The number of thioether (sulfide) groups is 1. The Kier molecular flexibility index (Phi) is 6.80. The van der Waals surface area contributed by atoms with Gasteiger partial charge in [-0.25, -0.2) is 4.79 Å². The van der Waals surface area contributed by atoms with Gasteiger partial charge >= 0.3 is 6.03 Å². The molecule has 0 aliphatic carbocycles. The Hall–Kier alpha value is -1.73. The van der Waals surface area contributed by atoms with Crippen LogP contribution in [0.3, 0.4) is 0 Å². The largest absolute Gasteiger partial charge is 0.394 e. The molecule has 26 heavy (non-hydrogen) atoms. The smallest absolute Gasteiger partial charge is 0.315 e. The first-order valence-electron chi connectivity index (χ1n) is 9.28. The van der Waals surface area contributed by atoms with Crippen LogP contribution in [-0.2, 0) is 11.2 Å². The first kappa shape index (κ1) is 19.0. The van der Waals surface area contributed by atoms with Crippen molar-refractivity contribution in [2.45, 2.75) is 55.5 Å². The average molecular weight is 378 g/mol. The number of fused-ring (bicyclic) bond motifs is 1. The van der Waals surface area contributed by atoms with E-state index in [0.29, 0.717) is 18.1 Å². The molecular weight excluding hydrogens is 350 g/mol. The Labute approximate surface area is 158 Å². The van der Waals surface area contributed by atoms with Crippen LogP contribution in [0.25, 0.3) is 0 Å². The summed E-state index contributed by atoms with van der Waals surface area (Å²) < 4.78 is 0. The zero-order chi connectivity index (χ0) is 18.4. The van der Waals surface area contributed by atoms with Gasteiger partial charge < -0.3 is 21.1 Å². The molecule has 0 spiro atoms. The number of amides is 3. The van der Waals surface area contributed by atoms with Crippen molar-refractivity contribution in [2.75, 3.05) is 12.4 Å². The number of hydrogen-bond acceptors (Lipinski definition) is 4. The summed E-state index contributed by atoms with van der Waals surface area (Å²) in [6.45, 7) is -0.0604. The maximum Gasteiger partial charge on any atom is 0.315 e. The molecule has 2 aliphatic rings. The van der Waals surface area contributed by atoms with Crippen molar-refractivity contribution in [3.05, 3.63) is 35.9 Å². The molecular formula is C19H27N3O3S. The third-order valence-corrected chi connectivity index (χ3v) is 6.50. The van der Waals surface area contributed by atoms with E-state index in [1.807, 2.05) is 42.1 Å². The van der Waals surface area contributed by atoms with E-state index < -0.39 is 0 Å². The van der Waals surface area contributed by atoms with Crippen LogP contribution in [-0.4, -0.2) is 52.8 Å². The zero-order valence-corrected chi connectivity index (χ0v) is 15.6. The number of carbonyl (C=O) groups excluding carboxylic acids is 2. The van der Waals surface area contributed by atoms with Gasteiger partial charge in [-0.2, -0.15) is 11.8 Å². The standard InChI is InChI=1S/C19H27N3O3S/c23-11-14(10-13-6-2-1-3-7-13)20-17(24)9-5-4-8-16-18-15(12-26-16)21-19(25)22-18/h1-3,6-7,14-16,18,23H,4-5,8-12H2,(H,20,24)(H2,21,22,25). The van der Waals surface area contributed by atoms with Crippen LogP contribution in [0, 0.1) is 0 Å². The van der Waals surface area contributed by atoms with Crippen molar-refractivity contribution < 1.29 is 14.7 Å². The van der Waals surface area contributed by atoms with Crippen LogP contribution in [0.2, 0.25) is 0 Å². The molecule has 1 aromatic rings. The second kappa shape index (κ2) is 9.28. The fourth-order valence-corrected chi connectivity index (χ4v) is 5.18. The molecule has 0 saturated carbocycles. The Bertz CT molecular complexity index is 613. The highest BCUT2D eigenvalue weighted by Crippen LogP contribution is 2.33. The monoisotopic (exact) mass is 377 g/mol. The maximum absolute atomic E-state index is 12.1. The first-order chi connectivity index (χ1) is 12.7. The molecule has 3 rings (SSSR count). The summed E-state index contributed by atoms with van der Waals surface area (Å²) in [6.07, 6.45) is 3.91. The van der Waals surface area contributed by atoms with E-state index in [1.54, 1.807) is 0 Å². The van der Waals surface area contributed by atoms with Crippen LogP contribution in [0.5, 0.6) is 0 Å². The van der Waals surface area contributed by atoms with Gasteiger partial charge in [-0.05, 0) is 24.8 Å². The minimum Gasteiger partial charge on any atom is -0.394 e. The number of urea groups is 1. The molecule has 6 nitrogen and oxygen atoms in total. The summed E-state index contributed by atoms with van der Waals surface area (Å²) in [6, 6.07) is 10.0. The zero-order valence-electron chi connectivity index (χ0n) is 14.8. The van der Waals surface area contributed by atoms with Gasteiger partial charge in [-0.3, -0.25) is 4.79 Å². The molecule has 0 bridgehead atoms. The molecule has 4 unspecified atom stereocenters. The Balaban J connectivity index is 1.33. The van der Waals surface area contributed by atoms with Gasteiger partial charge in [0.1, 0.15) is 0 Å². The summed E-state index contributed by atoms with van der Waals surface area (Å²) in [5.41, 5.74) is 1.10. The van der Waals surface area contributed by atoms with Crippen LogP contribution in [0.15, 0.2) is 30.3 Å². The summed E-state index contributed by atoms with van der Waals surface area (Å²) >= 11 is 1.90. The van der Waals surface area contributed by atoms with E-state index in [0.717, 1.165) is 30.6 Å². The molecule has 2 saturated heterocycles. The number of aliphatic hydroxyl groups excluding tert-OH is 1. The van der Waals surface area contributed by atoms with E-state index in [2.05, 4.69) is 16.0 Å². The van der Waals surface area contributed by atoms with Crippen molar-refractivity contribution in [1.82, 2.24) is 16.0 Å². The van der Waals surface area contributed by atoms with Crippen molar-refractivity contribution in [3.63, 3.8) is 0 Å². The SMILES string of the molecule is O=C(CCCCC1SCC2NC(=O)NC21)NC(CO)Cc1ccccc1. The lowest BCUT2D eigenvalue weighted by Gasteiger charge is -2.18. The van der Waals surface area contributed by atoms with Gasteiger partial charge in [0.25, 0.3) is 0 Å². The highest BCUT2D eigenvalue weighted by Gasteiger charge is 2.42. The molecule has 142 valence electrons. The highest BCUT2D eigenvalue weighted by atomic mass is 32.2. The van der Waals surface area contributed by atoms with Gasteiger partial charge in [-0.15, -0.1) is 0 Å². The van der Waals surface area contributed by atoms with Gasteiger partial charge in [0.2, 0.25) is 5.91 Å². The predicted octanol–water partition coefficient (Wildman–Crippen LogP) is 1.43. The third-order valence-electron chi connectivity index (χ3n) is 4.99. The number of benzene rings is 1. The summed E-state index contributed by atoms with van der Waals surface area (Å²) in [5.74, 6) is 0.958. The molecule has 4 N–H and O–H groups in total. The molecule has 2 heterocycles. The van der Waals surface area contributed by atoms with Crippen LogP contribution in [0.4, 0.5) is 4.79 Å². The Morgan fingerprint density at radius 2 is 2.08 bits per heavy atom. The lowest BCUT2D eigenvalue weighted by Crippen LogP contribution is -2.39. The number of hydrogen-bond donors (Lipinski definition) is 4. The Morgan fingerprint density at radius 3 is 2.85 bits per heavy atom. The minimum atomic E-state index is -0.240. The van der Waals surface area contributed by atoms with E-state index >= 15 is 0 Å². The second-order valence-corrected chi connectivity index (χ2v) is 8.28. The average Bonchev–Trinajstić information content (AvgIpc) is 3.18. The molecule has 7 heteroatoms. The topological polar surface area (TPSA) is 90.5 Å². The second-order valence-electron chi connectivity index (χ2n) is 7.00. The number of rotatable bonds is 9. The predicted molar refractivity (Wildman–Crippen MR) is 103 cm³/mol. The van der Waals surface area contributed by atoms with E-state index in [1.165, 1.54) is 0 Å². The van der Waals surface area contributed by atoms with Crippen LogP contribution >= 0.6 is 11.8 Å². The summed E-state index contributed by atoms with van der Waals surface area (Å²) in [5, 5.41) is 18.8. The van der Waals surface area contributed by atoms with Crippen molar-refractivity contribution >= 4 is 23.7 Å². The van der Waals surface area contributed by atoms with Crippen LogP contribution < -0.4 is 16.0 Å². The lowest BCUT2D eigenvalue weighted by molar-refractivity contribution is -0.122. The van der Waals surface area contributed by atoms with E-state index in [4.69, 9.17) is 0 Å². The normalized spacial score (nSPS) is 25.3. The van der Waals surface area contributed by atoms with Crippen LogP contribution in [0.1, 0.15) is 31.2 Å². The van der Waals surface area contributed by atoms with Crippen molar-refractivity contribution in [3.8, 4) is 0 Å². The minimum absolute atomic E-state index is 0.00670. The molecule has 0 radical (unpaired) electrons. The number of carbonyl (C=O) groups is 2. The number of aliphatic hydroxyl groups is 1. The fraction of sp³-hybridized carbons (Fsp3) is 0.579. The van der Waals surface area contributed by atoms with Gasteiger partial charge in [0, 0.05) is 17.4 Å². The van der Waals surface area contributed by atoms with Crippen molar-refractivity contribution in [1.29, 1.82) is 0 Å². The maximum atomic E-state index is 12.1. The molecule has 2 aliphatic heterocycles. The molecule has 1 aromatic carbocycles. The van der Waals surface area contributed by atoms with E-state index in [-0.39, 0.29) is 36.7 Å². The number of nitrogens with one attached hydrogen (secondary N) is 3. The Morgan fingerprint density at radius 1 is 1.27 bits per heavy atom. The van der Waals surface area contributed by atoms with Gasteiger partial charge in [0.05, 0.1) is 24.7 Å². The van der Waals surface area contributed by atoms with Gasteiger partial charge in [-0.1, -0.05) is 36.8 Å². The van der Waals surface area contributed by atoms with Gasteiger partial charge in [0.15, 0.2) is 0 Å².